The molecule has 1 aliphatic rings. The molecule has 1 aromatic rings. The third-order valence-corrected chi connectivity index (χ3v) is 7.62. The number of benzene rings is 1. The summed E-state index contributed by atoms with van der Waals surface area (Å²) in [4.78, 5) is 49.0. The summed E-state index contributed by atoms with van der Waals surface area (Å²) in [5, 5.41) is 0. The molecule has 2 unspecified atom stereocenters. The number of rotatable bonds is 9. The lowest BCUT2D eigenvalue weighted by atomic mass is 9.65. The number of carbonyl (C=O) groups is 4. The molecule has 1 aliphatic carbocycles. The highest BCUT2D eigenvalue weighted by Crippen LogP contribution is 2.57. The lowest BCUT2D eigenvalue weighted by molar-refractivity contribution is -0.144. The minimum absolute atomic E-state index is 0.0600. The molecule has 174 valence electrons. The smallest absolute Gasteiger partial charge is 0.338 e. The van der Waals surface area contributed by atoms with Gasteiger partial charge in [-0.1, -0.05) is 34.3 Å². The Hall–Kier alpha value is -2.61. The van der Waals surface area contributed by atoms with E-state index in [0.717, 1.165) is 29.1 Å². The Labute approximate surface area is 193 Å². The van der Waals surface area contributed by atoms with Gasteiger partial charge in [-0.3, -0.25) is 9.59 Å². The molecule has 0 spiro atoms. The molecule has 0 aromatic heterocycles. The van der Waals surface area contributed by atoms with Crippen LogP contribution in [0.5, 0.6) is 0 Å². The molecule has 0 heterocycles. The molecule has 32 heavy (non-hydrogen) atoms. The monoisotopic (exact) mass is 461 g/mol. The van der Waals surface area contributed by atoms with Crippen LogP contribution in [0, 0.1) is 16.7 Å². The summed E-state index contributed by atoms with van der Waals surface area (Å²) in [6.07, 6.45) is 2.22. The highest BCUT2D eigenvalue weighted by molar-refractivity contribution is 7.98. The number of amides is 2. The maximum absolute atomic E-state index is 13.2. The van der Waals surface area contributed by atoms with Gasteiger partial charge in [-0.25, -0.2) is 13.9 Å². The van der Waals surface area contributed by atoms with Crippen molar-refractivity contribution in [3.05, 3.63) is 42.0 Å². The Balaban J connectivity index is 1.96. The highest BCUT2D eigenvalue weighted by Gasteiger charge is 2.55. The molecule has 2 amide bonds. The molecule has 2 atom stereocenters. The highest BCUT2D eigenvalue weighted by atomic mass is 32.2. The number of ether oxygens (including phenoxy) is 2. The van der Waals surface area contributed by atoms with Crippen molar-refractivity contribution in [1.29, 1.82) is 0 Å². The first-order chi connectivity index (χ1) is 14.9. The van der Waals surface area contributed by atoms with Crippen LogP contribution in [-0.4, -0.2) is 41.8 Å². The maximum Gasteiger partial charge on any atom is 0.338 e. The first-order valence-electron chi connectivity index (χ1n) is 10.5. The SMILES string of the molecule is C=C(C)C(=O)OCCOC(=O)c1ccc(SN(C=O)C(=O)C2(C)CCC(C)C2(C)C)cc1. The topological polar surface area (TPSA) is 90.0 Å². The van der Waals surface area contributed by atoms with E-state index in [9.17, 15) is 19.2 Å². The van der Waals surface area contributed by atoms with Gasteiger partial charge in [-0.2, -0.15) is 0 Å². The summed E-state index contributed by atoms with van der Waals surface area (Å²) in [6.45, 7) is 13.1. The van der Waals surface area contributed by atoms with E-state index in [-0.39, 0.29) is 30.1 Å². The lowest BCUT2D eigenvalue weighted by Crippen LogP contribution is -2.46. The molecule has 1 saturated carbocycles. The molecular weight excluding hydrogens is 430 g/mol. The van der Waals surface area contributed by atoms with Crippen molar-refractivity contribution in [3.8, 4) is 0 Å². The number of esters is 2. The summed E-state index contributed by atoms with van der Waals surface area (Å²) in [5.74, 6) is -0.935. The fourth-order valence-corrected chi connectivity index (χ4v) is 4.52. The van der Waals surface area contributed by atoms with E-state index >= 15 is 0 Å². The van der Waals surface area contributed by atoms with Crippen LogP contribution in [0.2, 0.25) is 0 Å². The van der Waals surface area contributed by atoms with Crippen LogP contribution < -0.4 is 0 Å². The van der Waals surface area contributed by atoms with Gasteiger partial charge < -0.3 is 9.47 Å². The van der Waals surface area contributed by atoms with Crippen LogP contribution in [0.4, 0.5) is 0 Å². The van der Waals surface area contributed by atoms with E-state index < -0.39 is 17.4 Å². The van der Waals surface area contributed by atoms with Crippen molar-refractivity contribution in [3.63, 3.8) is 0 Å². The largest absolute Gasteiger partial charge is 0.459 e. The van der Waals surface area contributed by atoms with Crippen LogP contribution in [0.25, 0.3) is 0 Å². The Morgan fingerprint density at radius 3 is 2.25 bits per heavy atom. The maximum atomic E-state index is 13.2. The second-order valence-electron chi connectivity index (χ2n) is 8.90. The molecular formula is C24H31NO6S. The summed E-state index contributed by atoms with van der Waals surface area (Å²) in [5.41, 5.74) is -0.273. The molecule has 2 rings (SSSR count). The first kappa shape index (κ1) is 25.6. The number of hydrogen-bond donors (Lipinski definition) is 0. The molecule has 1 fully saturated rings. The molecule has 0 aliphatic heterocycles. The van der Waals surface area contributed by atoms with Crippen LogP contribution in [-0.2, 0) is 23.9 Å². The Morgan fingerprint density at radius 2 is 1.75 bits per heavy atom. The number of carbonyl (C=O) groups excluding carboxylic acids is 4. The molecule has 0 N–H and O–H groups in total. The zero-order valence-electron chi connectivity index (χ0n) is 19.3. The van der Waals surface area contributed by atoms with Gasteiger partial charge in [0.25, 0.3) is 0 Å². The average molecular weight is 462 g/mol. The van der Waals surface area contributed by atoms with Crippen LogP contribution >= 0.6 is 11.9 Å². The van der Waals surface area contributed by atoms with Crippen molar-refractivity contribution >= 4 is 36.2 Å². The predicted molar refractivity (Wildman–Crippen MR) is 122 cm³/mol. The van der Waals surface area contributed by atoms with E-state index in [1.54, 1.807) is 24.3 Å². The predicted octanol–water partition coefficient (Wildman–Crippen LogP) is 4.42. The van der Waals surface area contributed by atoms with Gasteiger partial charge >= 0.3 is 11.9 Å². The molecule has 0 radical (unpaired) electrons. The fraction of sp³-hybridized carbons (Fsp3) is 0.500. The second kappa shape index (κ2) is 10.3. The normalized spacial score (nSPS) is 21.5. The Bertz CT molecular complexity index is 894. The summed E-state index contributed by atoms with van der Waals surface area (Å²) < 4.78 is 11.1. The van der Waals surface area contributed by atoms with E-state index in [0.29, 0.717) is 22.8 Å². The second-order valence-corrected chi connectivity index (χ2v) is 9.95. The Kier molecular flexibility index (Phi) is 8.29. The lowest BCUT2D eigenvalue weighted by Gasteiger charge is -2.40. The van der Waals surface area contributed by atoms with E-state index in [4.69, 9.17) is 9.47 Å². The van der Waals surface area contributed by atoms with Crippen LogP contribution in [0.1, 0.15) is 57.8 Å². The standard InChI is InChI=1S/C24H31NO6S/c1-16(2)20(27)30-13-14-31-21(28)18-7-9-19(10-8-18)32-25(15-26)22(29)24(6)12-11-17(3)23(24,4)5/h7-10,15,17H,1,11-14H2,2-6H3. The zero-order chi connectivity index (χ0) is 24.1. The minimum atomic E-state index is -0.627. The summed E-state index contributed by atoms with van der Waals surface area (Å²) in [6, 6.07) is 6.41. The van der Waals surface area contributed by atoms with E-state index in [2.05, 4.69) is 27.4 Å². The summed E-state index contributed by atoms with van der Waals surface area (Å²) >= 11 is 1.03. The van der Waals surface area contributed by atoms with Crippen molar-refractivity contribution < 1.29 is 28.7 Å². The van der Waals surface area contributed by atoms with Gasteiger partial charge in [0.05, 0.1) is 11.0 Å². The van der Waals surface area contributed by atoms with Crippen molar-refractivity contribution in [1.82, 2.24) is 4.31 Å². The van der Waals surface area contributed by atoms with Crippen LogP contribution in [0.15, 0.2) is 41.3 Å². The number of nitrogens with zero attached hydrogens (tertiary/aromatic N) is 1. The quantitative estimate of drug-likeness (QED) is 0.177. The van der Waals surface area contributed by atoms with Crippen molar-refractivity contribution in [2.45, 2.75) is 52.4 Å². The van der Waals surface area contributed by atoms with Gasteiger partial charge in [0.2, 0.25) is 12.3 Å². The van der Waals surface area contributed by atoms with Gasteiger partial charge in [-0.05, 0) is 67.3 Å². The van der Waals surface area contributed by atoms with Crippen molar-refractivity contribution in [2.24, 2.45) is 16.7 Å². The first-order valence-corrected chi connectivity index (χ1v) is 11.3. The Morgan fingerprint density at radius 1 is 1.16 bits per heavy atom. The number of hydrogen-bond acceptors (Lipinski definition) is 7. The van der Waals surface area contributed by atoms with Gasteiger partial charge in [0.1, 0.15) is 13.2 Å². The van der Waals surface area contributed by atoms with Crippen molar-refractivity contribution in [2.75, 3.05) is 13.2 Å². The zero-order valence-corrected chi connectivity index (χ0v) is 20.1. The van der Waals surface area contributed by atoms with E-state index in [1.807, 2.05) is 6.92 Å². The average Bonchev–Trinajstić information content (AvgIpc) is 2.97. The third kappa shape index (κ3) is 5.41. The van der Waals surface area contributed by atoms with E-state index in [1.165, 1.54) is 6.92 Å². The molecule has 7 nitrogen and oxygen atoms in total. The number of imide groups is 1. The molecule has 0 bridgehead atoms. The third-order valence-electron chi connectivity index (χ3n) is 6.69. The van der Waals surface area contributed by atoms with Gasteiger partial charge in [-0.15, -0.1) is 0 Å². The summed E-state index contributed by atoms with van der Waals surface area (Å²) in [7, 11) is 0. The minimum Gasteiger partial charge on any atom is -0.459 e. The van der Waals surface area contributed by atoms with Gasteiger partial charge in [0.15, 0.2) is 0 Å². The molecule has 8 heteroatoms. The van der Waals surface area contributed by atoms with Gasteiger partial charge in [0, 0.05) is 10.5 Å². The molecule has 1 aromatic carbocycles. The molecule has 0 saturated heterocycles. The van der Waals surface area contributed by atoms with Crippen LogP contribution in [0.3, 0.4) is 0 Å². The fourth-order valence-electron chi connectivity index (χ4n) is 3.71.